The van der Waals surface area contributed by atoms with Gasteiger partial charge in [-0.3, -0.25) is 0 Å². The van der Waals surface area contributed by atoms with E-state index in [-0.39, 0.29) is 24.8 Å². The fourth-order valence-corrected chi connectivity index (χ4v) is 0.671. The lowest BCUT2D eigenvalue weighted by Crippen LogP contribution is -2.21. The third-order valence-electron chi connectivity index (χ3n) is 1.34. The van der Waals surface area contributed by atoms with Crippen LogP contribution in [0.15, 0.2) is 0 Å². The molecule has 0 radical (unpaired) electrons. The van der Waals surface area contributed by atoms with Gasteiger partial charge < -0.3 is 9.80 Å². The molecule has 0 fully saturated rings. The molecule has 0 saturated carbocycles. The number of nitrogens with zero attached hydrogens (tertiary/aromatic N) is 2. The summed E-state index contributed by atoms with van der Waals surface area (Å²) in [4.78, 5) is 4.38. The van der Waals surface area contributed by atoms with E-state index in [0.717, 1.165) is 0 Å². The minimum absolute atomic E-state index is 0. The fourth-order valence-electron chi connectivity index (χ4n) is 0.671. The molecule has 0 saturated heterocycles. The van der Waals surface area contributed by atoms with Gasteiger partial charge in [0.05, 0.1) is 0 Å². The maximum Gasteiger partial charge on any atom is -0.00474 e. The summed E-state index contributed by atoms with van der Waals surface area (Å²) < 4.78 is 0. The molecular weight excluding hydrogens is 207 g/mol. The Labute approximate surface area is 96.5 Å². The Kier molecular flexibility index (Phi) is 32.9. The topological polar surface area (TPSA) is 6.48 Å². The number of halogens is 2. The van der Waals surface area contributed by atoms with Gasteiger partial charge in [-0.2, -0.15) is 0 Å². The van der Waals surface area contributed by atoms with Gasteiger partial charge in [0.15, 0.2) is 0 Å². The van der Waals surface area contributed by atoms with Crippen LogP contribution >= 0.6 is 24.8 Å². The Morgan fingerprint density at radius 1 is 0.692 bits per heavy atom. The van der Waals surface area contributed by atoms with Gasteiger partial charge in [-0.1, -0.05) is 20.8 Å². The first kappa shape index (κ1) is 23.4. The molecule has 0 rings (SSSR count). The first-order chi connectivity index (χ1) is 5.08. The van der Waals surface area contributed by atoms with Gasteiger partial charge in [0.1, 0.15) is 0 Å². The number of rotatable bonds is 3. The molecular formula is C9H26Cl2N2. The number of hydrogen-bond donors (Lipinski definition) is 0. The Morgan fingerprint density at radius 3 is 0.846 bits per heavy atom. The third kappa shape index (κ3) is 32.6. The number of hydrogen-bond acceptors (Lipinski definition) is 2. The van der Waals surface area contributed by atoms with E-state index >= 15 is 0 Å². The van der Waals surface area contributed by atoms with Crippen molar-refractivity contribution in [3.05, 3.63) is 0 Å². The van der Waals surface area contributed by atoms with Crippen LogP contribution in [0, 0.1) is 0 Å². The average molecular weight is 233 g/mol. The lowest BCUT2D eigenvalue weighted by atomic mass is 10.5. The van der Waals surface area contributed by atoms with E-state index in [9.17, 15) is 0 Å². The Bertz CT molecular complexity index is 58.4. The zero-order chi connectivity index (χ0) is 9.28. The van der Waals surface area contributed by atoms with Crippen molar-refractivity contribution in [2.45, 2.75) is 20.8 Å². The first-order valence-electron chi connectivity index (χ1n) is 4.41. The van der Waals surface area contributed by atoms with Crippen LogP contribution in [0.1, 0.15) is 20.8 Å². The molecule has 0 atom stereocenters. The predicted molar refractivity (Wildman–Crippen MR) is 67.6 cm³/mol. The second kappa shape index (κ2) is 18.3. The van der Waals surface area contributed by atoms with Crippen molar-refractivity contribution >= 4 is 24.8 Å². The third-order valence-corrected chi connectivity index (χ3v) is 1.34. The SMILES string of the molecule is CCN(CC)CC.CN(C)C.Cl.Cl. The average Bonchev–Trinajstić information content (AvgIpc) is 1.90. The van der Waals surface area contributed by atoms with Crippen molar-refractivity contribution in [2.75, 3.05) is 40.8 Å². The van der Waals surface area contributed by atoms with Crippen LogP contribution in [0.5, 0.6) is 0 Å². The van der Waals surface area contributed by atoms with E-state index in [4.69, 9.17) is 0 Å². The minimum Gasteiger partial charge on any atom is -0.312 e. The van der Waals surface area contributed by atoms with E-state index < -0.39 is 0 Å². The van der Waals surface area contributed by atoms with Crippen LogP contribution in [0.3, 0.4) is 0 Å². The van der Waals surface area contributed by atoms with Gasteiger partial charge >= 0.3 is 0 Å². The zero-order valence-electron chi connectivity index (χ0n) is 9.83. The fraction of sp³-hybridized carbons (Fsp3) is 1.00. The normalized spacial score (nSPS) is 8.31. The molecule has 0 aliphatic rings. The molecule has 0 heterocycles. The lowest BCUT2D eigenvalue weighted by molar-refractivity contribution is 0.321. The van der Waals surface area contributed by atoms with Gasteiger partial charge in [-0.05, 0) is 40.8 Å². The zero-order valence-corrected chi connectivity index (χ0v) is 11.5. The summed E-state index contributed by atoms with van der Waals surface area (Å²) >= 11 is 0. The van der Waals surface area contributed by atoms with Gasteiger partial charge in [0.2, 0.25) is 0 Å². The molecule has 0 aromatic heterocycles. The largest absolute Gasteiger partial charge is 0.312 e. The van der Waals surface area contributed by atoms with Gasteiger partial charge in [0, 0.05) is 0 Å². The highest BCUT2D eigenvalue weighted by Gasteiger charge is 1.89. The van der Waals surface area contributed by atoms with Crippen molar-refractivity contribution in [3.63, 3.8) is 0 Å². The second-order valence-electron chi connectivity index (χ2n) is 2.96. The summed E-state index contributed by atoms with van der Waals surface area (Å²) in [6.07, 6.45) is 0. The van der Waals surface area contributed by atoms with Crippen LogP contribution < -0.4 is 0 Å². The molecule has 0 amide bonds. The molecule has 0 N–H and O–H groups in total. The minimum atomic E-state index is 0. The van der Waals surface area contributed by atoms with Gasteiger partial charge in [0.25, 0.3) is 0 Å². The standard InChI is InChI=1S/C6H15N.C3H9N.2ClH/c1-4-7(5-2)6-3;1-4(2)3;;/h4-6H2,1-3H3;1-3H3;2*1H. The molecule has 0 aromatic carbocycles. The van der Waals surface area contributed by atoms with Crippen LogP contribution in [0.4, 0.5) is 0 Å². The molecule has 86 valence electrons. The molecule has 2 nitrogen and oxygen atoms in total. The van der Waals surface area contributed by atoms with Crippen molar-refractivity contribution in [3.8, 4) is 0 Å². The Hall–Kier alpha value is 0.500. The van der Waals surface area contributed by atoms with Crippen molar-refractivity contribution in [1.29, 1.82) is 0 Å². The molecule has 0 unspecified atom stereocenters. The monoisotopic (exact) mass is 232 g/mol. The van der Waals surface area contributed by atoms with Crippen molar-refractivity contribution in [2.24, 2.45) is 0 Å². The maximum absolute atomic E-state index is 2.38. The van der Waals surface area contributed by atoms with Crippen LogP contribution in [0.25, 0.3) is 0 Å². The Morgan fingerprint density at radius 2 is 0.846 bits per heavy atom. The summed E-state index contributed by atoms with van der Waals surface area (Å²) in [5, 5.41) is 0. The van der Waals surface area contributed by atoms with Gasteiger partial charge in [-0.25, -0.2) is 0 Å². The first-order valence-corrected chi connectivity index (χ1v) is 4.41. The smallest absolute Gasteiger partial charge is 0.00474 e. The lowest BCUT2D eigenvalue weighted by Gasteiger charge is -2.13. The molecule has 13 heavy (non-hydrogen) atoms. The maximum atomic E-state index is 2.38. The molecule has 0 aromatic rings. The molecule has 0 spiro atoms. The summed E-state index contributed by atoms with van der Waals surface area (Å²) in [5.74, 6) is 0. The highest BCUT2D eigenvalue weighted by Crippen LogP contribution is 1.81. The van der Waals surface area contributed by atoms with E-state index in [1.54, 1.807) is 0 Å². The van der Waals surface area contributed by atoms with Crippen LogP contribution in [-0.4, -0.2) is 50.6 Å². The Balaban J connectivity index is -0.0000000600. The summed E-state index contributed by atoms with van der Waals surface area (Å²) in [6, 6.07) is 0. The highest BCUT2D eigenvalue weighted by atomic mass is 35.5. The van der Waals surface area contributed by atoms with E-state index in [0.29, 0.717) is 0 Å². The highest BCUT2D eigenvalue weighted by molar-refractivity contribution is 5.85. The van der Waals surface area contributed by atoms with Crippen LogP contribution in [0.2, 0.25) is 0 Å². The molecule has 0 aliphatic carbocycles. The quantitative estimate of drug-likeness (QED) is 0.738. The second-order valence-corrected chi connectivity index (χ2v) is 2.96. The van der Waals surface area contributed by atoms with E-state index in [1.807, 2.05) is 26.0 Å². The summed E-state index contributed by atoms with van der Waals surface area (Å²) in [6.45, 7) is 10.1. The van der Waals surface area contributed by atoms with Crippen LogP contribution in [-0.2, 0) is 0 Å². The van der Waals surface area contributed by atoms with E-state index in [1.165, 1.54) is 19.6 Å². The molecule has 0 bridgehead atoms. The predicted octanol–water partition coefficient (Wildman–Crippen LogP) is 2.37. The summed E-state index contributed by atoms with van der Waals surface area (Å²) in [5.41, 5.74) is 0. The van der Waals surface area contributed by atoms with E-state index in [2.05, 4.69) is 25.7 Å². The van der Waals surface area contributed by atoms with Crippen molar-refractivity contribution < 1.29 is 0 Å². The molecule has 4 heteroatoms. The van der Waals surface area contributed by atoms with Crippen molar-refractivity contribution in [1.82, 2.24) is 9.80 Å². The molecule has 0 aliphatic heterocycles. The summed E-state index contributed by atoms with van der Waals surface area (Å²) in [7, 11) is 6.00. The van der Waals surface area contributed by atoms with Gasteiger partial charge in [-0.15, -0.1) is 24.8 Å².